The van der Waals surface area contributed by atoms with E-state index in [0.29, 0.717) is 5.41 Å². The number of nitrogens with zero attached hydrogens (tertiary/aromatic N) is 2. The molecule has 4 rings (SSSR count). The summed E-state index contributed by atoms with van der Waals surface area (Å²) in [5.74, 6) is 0. The van der Waals surface area contributed by atoms with E-state index in [1.54, 1.807) is 0 Å². The molecule has 1 spiro atoms. The van der Waals surface area contributed by atoms with E-state index in [9.17, 15) is 4.79 Å². The van der Waals surface area contributed by atoms with E-state index in [0.717, 1.165) is 42.7 Å². The van der Waals surface area contributed by atoms with Crippen LogP contribution in [0, 0.1) is 5.41 Å². The standard InChI is InChI=1S/C16H20N4O/c1-2-12-4-13-14(19-15(12)21)3-11(5-18-13)6-20-9-16(10-20)7-17-8-16/h3-5,17H,2,6-10H2,1H3,(H,19,21). The van der Waals surface area contributed by atoms with Gasteiger partial charge in [-0.1, -0.05) is 6.92 Å². The molecule has 0 saturated carbocycles. The predicted octanol–water partition coefficient (Wildman–Crippen LogP) is 0.891. The minimum Gasteiger partial charge on any atom is -0.320 e. The Kier molecular flexibility index (Phi) is 2.87. The highest BCUT2D eigenvalue weighted by atomic mass is 16.1. The third-order valence-electron chi connectivity index (χ3n) is 4.73. The van der Waals surface area contributed by atoms with E-state index in [2.05, 4.69) is 26.3 Å². The van der Waals surface area contributed by atoms with Crippen molar-refractivity contribution >= 4 is 11.0 Å². The van der Waals surface area contributed by atoms with Gasteiger partial charge in [0, 0.05) is 49.9 Å². The number of aromatic nitrogens is 2. The van der Waals surface area contributed by atoms with Gasteiger partial charge in [0.25, 0.3) is 5.56 Å². The van der Waals surface area contributed by atoms with Gasteiger partial charge in [-0.15, -0.1) is 0 Å². The summed E-state index contributed by atoms with van der Waals surface area (Å²) < 4.78 is 0. The molecule has 4 heterocycles. The number of hydrogen-bond donors (Lipinski definition) is 2. The van der Waals surface area contributed by atoms with Crippen molar-refractivity contribution in [3.63, 3.8) is 0 Å². The lowest BCUT2D eigenvalue weighted by Crippen LogP contribution is -2.70. The molecule has 0 aliphatic carbocycles. The second-order valence-corrected chi connectivity index (χ2v) is 6.50. The Morgan fingerprint density at radius 1 is 1.33 bits per heavy atom. The third-order valence-corrected chi connectivity index (χ3v) is 4.73. The quantitative estimate of drug-likeness (QED) is 0.879. The first-order valence-electron chi connectivity index (χ1n) is 7.61. The molecule has 0 aromatic carbocycles. The molecule has 2 aromatic heterocycles. The second-order valence-electron chi connectivity index (χ2n) is 6.50. The Hall–Kier alpha value is -1.72. The molecule has 0 unspecified atom stereocenters. The van der Waals surface area contributed by atoms with Gasteiger partial charge in [-0.25, -0.2) is 0 Å². The van der Waals surface area contributed by atoms with Crippen molar-refractivity contribution in [1.29, 1.82) is 0 Å². The van der Waals surface area contributed by atoms with Crippen molar-refractivity contribution in [2.24, 2.45) is 5.41 Å². The maximum absolute atomic E-state index is 11.9. The number of likely N-dealkylation sites (tertiary alicyclic amines) is 1. The molecule has 5 heteroatoms. The Labute approximate surface area is 123 Å². The van der Waals surface area contributed by atoms with Gasteiger partial charge in [0.2, 0.25) is 0 Å². The van der Waals surface area contributed by atoms with Gasteiger partial charge in [-0.05, 0) is 24.1 Å². The zero-order valence-electron chi connectivity index (χ0n) is 12.3. The third kappa shape index (κ3) is 2.17. The van der Waals surface area contributed by atoms with Crippen LogP contribution in [0.25, 0.3) is 11.0 Å². The van der Waals surface area contributed by atoms with E-state index in [1.807, 2.05) is 19.2 Å². The molecule has 0 amide bonds. The lowest BCUT2D eigenvalue weighted by Gasteiger charge is -2.56. The topological polar surface area (TPSA) is 61.0 Å². The molecule has 2 aliphatic rings. The van der Waals surface area contributed by atoms with E-state index >= 15 is 0 Å². The summed E-state index contributed by atoms with van der Waals surface area (Å²) in [6.07, 6.45) is 2.67. The maximum atomic E-state index is 11.9. The summed E-state index contributed by atoms with van der Waals surface area (Å²) in [6.45, 7) is 7.56. The molecular formula is C16H20N4O. The largest absolute Gasteiger partial charge is 0.320 e. The maximum Gasteiger partial charge on any atom is 0.251 e. The molecule has 0 radical (unpaired) electrons. The molecular weight excluding hydrogens is 264 g/mol. The fraction of sp³-hybridized carbons (Fsp3) is 0.500. The summed E-state index contributed by atoms with van der Waals surface area (Å²) in [5, 5.41) is 3.35. The van der Waals surface area contributed by atoms with Gasteiger partial charge in [0.05, 0.1) is 11.0 Å². The van der Waals surface area contributed by atoms with Gasteiger partial charge in [-0.3, -0.25) is 14.7 Å². The Morgan fingerprint density at radius 3 is 2.81 bits per heavy atom. The predicted molar refractivity (Wildman–Crippen MR) is 82.3 cm³/mol. The van der Waals surface area contributed by atoms with Crippen LogP contribution in [0.3, 0.4) is 0 Å². The van der Waals surface area contributed by atoms with Crippen molar-refractivity contribution < 1.29 is 0 Å². The van der Waals surface area contributed by atoms with Crippen molar-refractivity contribution in [3.05, 3.63) is 39.8 Å². The van der Waals surface area contributed by atoms with E-state index < -0.39 is 0 Å². The van der Waals surface area contributed by atoms with Gasteiger partial charge < -0.3 is 10.3 Å². The SMILES string of the molecule is CCc1cc2ncc(CN3CC4(CNC4)C3)cc2[nH]c1=O. The molecule has 2 aliphatic heterocycles. The molecule has 110 valence electrons. The molecule has 0 atom stereocenters. The first kappa shape index (κ1) is 13.0. The number of fused-ring (bicyclic) bond motifs is 1. The smallest absolute Gasteiger partial charge is 0.251 e. The number of hydrogen-bond acceptors (Lipinski definition) is 4. The molecule has 2 fully saturated rings. The van der Waals surface area contributed by atoms with Crippen molar-refractivity contribution in [2.75, 3.05) is 26.2 Å². The van der Waals surface area contributed by atoms with Crippen LogP contribution in [0.1, 0.15) is 18.1 Å². The molecule has 21 heavy (non-hydrogen) atoms. The average Bonchev–Trinajstić information content (AvgIpc) is 2.39. The lowest BCUT2D eigenvalue weighted by molar-refractivity contribution is -0.0444. The number of aromatic amines is 1. The lowest BCUT2D eigenvalue weighted by atomic mass is 9.74. The van der Waals surface area contributed by atoms with Crippen LogP contribution in [-0.4, -0.2) is 41.0 Å². The highest BCUT2D eigenvalue weighted by molar-refractivity contribution is 5.74. The number of rotatable bonds is 3. The fourth-order valence-corrected chi connectivity index (χ4v) is 3.49. The summed E-state index contributed by atoms with van der Waals surface area (Å²) >= 11 is 0. The number of pyridine rings is 2. The summed E-state index contributed by atoms with van der Waals surface area (Å²) in [6, 6.07) is 3.96. The van der Waals surface area contributed by atoms with Gasteiger partial charge in [-0.2, -0.15) is 0 Å². The van der Waals surface area contributed by atoms with Crippen LogP contribution in [0.5, 0.6) is 0 Å². The van der Waals surface area contributed by atoms with Crippen LogP contribution in [0.2, 0.25) is 0 Å². The van der Waals surface area contributed by atoms with Crippen LogP contribution in [0.4, 0.5) is 0 Å². The molecule has 2 N–H and O–H groups in total. The Morgan fingerprint density at radius 2 is 2.14 bits per heavy atom. The van der Waals surface area contributed by atoms with Crippen LogP contribution in [-0.2, 0) is 13.0 Å². The highest BCUT2D eigenvalue weighted by Gasteiger charge is 2.47. The normalized spacial score (nSPS) is 20.4. The first-order chi connectivity index (χ1) is 10.2. The summed E-state index contributed by atoms with van der Waals surface area (Å²) in [4.78, 5) is 21.8. The Bertz CT molecular complexity index is 740. The van der Waals surface area contributed by atoms with Crippen LogP contribution >= 0.6 is 0 Å². The van der Waals surface area contributed by atoms with Crippen molar-refractivity contribution in [2.45, 2.75) is 19.9 Å². The van der Waals surface area contributed by atoms with Gasteiger partial charge in [0.1, 0.15) is 0 Å². The number of H-pyrrole nitrogens is 1. The second kappa shape index (κ2) is 4.64. The number of nitrogens with one attached hydrogen (secondary N) is 2. The van der Waals surface area contributed by atoms with Gasteiger partial charge >= 0.3 is 0 Å². The van der Waals surface area contributed by atoms with Crippen LogP contribution < -0.4 is 10.9 Å². The minimum absolute atomic E-state index is 0.00685. The van der Waals surface area contributed by atoms with Gasteiger partial charge in [0.15, 0.2) is 0 Å². The van der Waals surface area contributed by atoms with Crippen LogP contribution in [0.15, 0.2) is 23.1 Å². The monoisotopic (exact) mass is 284 g/mol. The van der Waals surface area contributed by atoms with E-state index in [4.69, 9.17) is 0 Å². The molecule has 2 saturated heterocycles. The fourth-order valence-electron chi connectivity index (χ4n) is 3.49. The minimum atomic E-state index is 0.00685. The Balaban J connectivity index is 1.55. The zero-order valence-corrected chi connectivity index (χ0v) is 12.3. The summed E-state index contributed by atoms with van der Waals surface area (Å²) in [5.41, 5.74) is 4.24. The summed E-state index contributed by atoms with van der Waals surface area (Å²) in [7, 11) is 0. The first-order valence-corrected chi connectivity index (χ1v) is 7.61. The number of aryl methyl sites for hydroxylation is 1. The molecule has 5 nitrogen and oxygen atoms in total. The van der Waals surface area contributed by atoms with Crippen molar-refractivity contribution in [1.82, 2.24) is 20.2 Å². The van der Waals surface area contributed by atoms with Crippen molar-refractivity contribution in [3.8, 4) is 0 Å². The van der Waals surface area contributed by atoms with E-state index in [-0.39, 0.29) is 5.56 Å². The molecule has 2 aromatic rings. The average molecular weight is 284 g/mol. The van der Waals surface area contributed by atoms with E-state index in [1.165, 1.54) is 18.7 Å². The molecule has 0 bridgehead atoms. The highest BCUT2D eigenvalue weighted by Crippen LogP contribution is 2.34. The zero-order chi connectivity index (χ0) is 14.4.